The van der Waals surface area contributed by atoms with E-state index in [1.54, 1.807) is 0 Å². The quantitative estimate of drug-likeness (QED) is 0.737. The minimum absolute atomic E-state index is 0.169. The van der Waals surface area contributed by atoms with Gasteiger partial charge in [-0.15, -0.1) is 11.3 Å². The number of thiophene rings is 1. The summed E-state index contributed by atoms with van der Waals surface area (Å²) in [6.45, 7) is 1.61. The fourth-order valence-electron chi connectivity index (χ4n) is 1.65. The van der Waals surface area contributed by atoms with Crippen LogP contribution in [0.25, 0.3) is 0 Å². The van der Waals surface area contributed by atoms with Crippen molar-refractivity contribution in [2.75, 3.05) is 6.54 Å². The summed E-state index contributed by atoms with van der Waals surface area (Å²) < 4.78 is 0. The zero-order chi connectivity index (χ0) is 12.8. The molecular formula is C13H17N3OS. The monoisotopic (exact) mass is 263 g/mol. The van der Waals surface area contributed by atoms with Gasteiger partial charge in [0.05, 0.1) is 0 Å². The predicted octanol–water partition coefficient (Wildman–Crippen LogP) is 1.77. The molecule has 1 aromatic rings. The second-order valence-electron chi connectivity index (χ2n) is 4.50. The third kappa shape index (κ3) is 4.47. The first kappa shape index (κ1) is 13.1. The van der Waals surface area contributed by atoms with Crippen molar-refractivity contribution in [2.24, 2.45) is 0 Å². The molecule has 1 saturated carbocycles. The van der Waals surface area contributed by atoms with E-state index in [0.717, 1.165) is 42.1 Å². The van der Waals surface area contributed by atoms with Crippen molar-refractivity contribution in [2.45, 2.75) is 38.3 Å². The van der Waals surface area contributed by atoms with Gasteiger partial charge in [-0.25, -0.2) is 0 Å². The predicted molar refractivity (Wildman–Crippen MR) is 71.1 cm³/mol. The molecule has 1 aliphatic carbocycles. The van der Waals surface area contributed by atoms with Crippen molar-refractivity contribution >= 4 is 17.2 Å². The Morgan fingerprint density at radius 3 is 3.00 bits per heavy atom. The summed E-state index contributed by atoms with van der Waals surface area (Å²) >= 11 is 1.51. The molecule has 0 radical (unpaired) electrons. The first-order chi connectivity index (χ1) is 8.78. The van der Waals surface area contributed by atoms with Gasteiger partial charge < -0.3 is 10.6 Å². The lowest BCUT2D eigenvalue weighted by Crippen LogP contribution is -2.26. The van der Waals surface area contributed by atoms with Gasteiger partial charge in [0.1, 0.15) is 10.9 Å². The van der Waals surface area contributed by atoms with Crippen LogP contribution in [0.3, 0.4) is 0 Å². The molecule has 0 unspecified atom stereocenters. The number of carbonyl (C=O) groups excluding carboxylic acids is 1. The molecule has 0 aliphatic heterocycles. The highest BCUT2D eigenvalue weighted by atomic mass is 32.1. The average Bonchev–Trinajstić information content (AvgIpc) is 3.05. The lowest BCUT2D eigenvalue weighted by atomic mass is 10.3. The number of nitrogens with zero attached hydrogens (tertiary/aromatic N) is 1. The van der Waals surface area contributed by atoms with Gasteiger partial charge in [0.15, 0.2) is 0 Å². The second kappa shape index (κ2) is 6.53. The van der Waals surface area contributed by atoms with Gasteiger partial charge in [0.2, 0.25) is 5.91 Å². The van der Waals surface area contributed by atoms with Crippen molar-refractivity contribution in [3.63, 3.8) is 0 Å². The van der Waals surface area contributed by atoms with E-state index < -0.39 is 0 Å². The molecule has 5 heteroatoms. The normalized spacial score (nSPS) is 14.2. The zero-order valence-corrected chi connectivity index (χ0v) is 11.1. The molecule has 4 nitrogen and oxygen atoms in total. The Kier molecular flexibility index (Phi) is 4.73. The molecule has 18 heavy (non-hydrogen) atoms. The Hall–Kier alpha value is -1.38. The van der Waals surface area contributed by atoms with Crippen LogP contribution in [-0.4, -0.2) is 18.5 Å². The first-order valence-corrected chi connectivity index (χ1v) is 7.08. The fraction of sp³-hybridized carbons (Fsp3) is 0.538. The molecule has 1 aliphatic rings. The number of rotatable bonds is 7. The average molecular weight is 263 g/mol. The highest BCUT2D eigenvalue weighted by molar-refractivity contribution is 7.12. The van der Waals surface area contributed by atoms with E-state index in [4.69, 9.17) is 5.26 Å². The van der Waals surface area contributed by atoms with Crippen LogP contribution in [0.5, 0.6) is 0 Å². The van der Waals surface area contributed by atoms with E-state index in [-0.39, 0.29) is 5.91 Å². The third-order valence-electron chi connectivity index (χ3n) is 2.77. The van der Waals surface area contributed by atoms with E-state index in [1.807, 2.05) is 12.1 Å². The largest absolute Gasteiger partial charge is 0.353 e. The van der Waals surface area contributed by atoms with Gasteiger partial charge in [0, 0.05) is 23.9 Å². The molecule has 0 spiro atoms. The summed E-state index contributed by atoms with van der Waals surface area (Å²) in [7, 11) is 0. The SMILES string of the molecule is N#Cc1ccc(CNCCCC(=O)NC2CC2)s1. The minimum Gasteiger partial charge on any atom is -0.353 e. The van der Waals surface area contributed by atoms with Crippen molar-refractivity contribution in [1.82, 2.24) is 10.6 Å². The highest BCUT2D eigenvalue weighted by Gasteiger charge is 2.22. The summed E-state index contributed by atoms with van der Waals surface area (Å²) in [5, 5.41) is 15.0. The molecule has 2 N–H and O–H groups in total. The van der Waals surface area contributed by atoms with Crippen molar-refractivity contribution < 1.29 is 4.79 Å². The molecule has 1 heterocycles. The molecule has 0 atom stereocenters. The summed E-state index contributed by atoms with van der Waals surface area (Å²) in [4.78, 5) is 13.3. The van der Waals surface area contributed by atoms with Gasteiger partial charge in [-0.2, -0.15) is 5.26 Å². The van der Waals surface area contributed by atoms with E-state index in [0.29, 0.717) is 12.5 Å². The van der Waals surface area contributed by atoms with E-state index in [1.165, 1.54) is 11.3 Å². The van der Waals surface area contributed by atoms with Crippen LogP contribution in [0.1, 0.15) is 35.4 Å². The number of hydrogen-bond acceptors (Lipinski definition) is 4. The smallest absolute Gasteiger partial charge is 0.220 e. The Labute approximate surface area is 111 Å². The summed E-state index contributed by atoms with van der Waals surface area (Å²) in [5.41, 5.74) is 0. The second-order valence-corrected chi connectivity index (χ2v) is 5.67. The Balaban J connectivity index is 1.52. The van der Waals surface area contributed by atoms with Gasteiger partial charge in [-0.05, 0) is 37.9 Å². The number of nitrogens with one attached hydrogen (secondary N) is 2. The molecule has 2 rings (SSSR count). The fourth-order valence-corrected chi connectivity index (χ4v) is 2.42. The first-order valence-electron chi connectivity index (χ1n) is 6.27. The van der Waals surface area contributed by atoms with E-state index in [9.17, 15) is 4.79 Å². The van der Waals surface area contributed by atoms with E-state index in [2.05, 4.69) is 16.7 Å². The number of amides is 1. The van der Waals surface area contributed by atoms with Crippen LogP contribution < -0.4 is 10.6 Å². The van der Waals surface area contributed by atoms with Crippen molar-refractivity contribution in [3.05, 3.63) is 21.9 Å². The maximum Gasteiger partial charge on any atom is 0.220 e. The molecule has 96 valence electrons. The maximum atomic E-state index is 11.4. The van der Waals surface area contributed by atoms with Gasteiger partial charge >= 0.3 is 0 Å². The van der Waals surface area contributed by atoms with Gasteiger partial charge in [0.25, 0.3) is 0 Å². The standard InChI is InChI=1S/C13H17N3OS/c14-8-11-5-6-12(18-11)9-15-7-1-2-13(17)16-10-3-4-10/h5-6,10,15H,1-4,7,9H2,(H,16,17). The highest BCUT2D eigenvalue weighted by Crippen LogP contribution is 2.18. The lowest BCUT2D eigenvalue weighted by molar-refractivity contribution is -0.121. The molecule has 1 aromatic heterocycles. The number of carbonyl (C=O) groups is 1. The van der Waals surface area contributed by atoms with Crippen LogP contribution in [0.4, 0.5) is 0 Å². The number of hydrogen-bond donors (Lipinski definition) is 2. The summed E-state index contributed by atoms with van der Waals surface area (Å²) in [5.74, 6) is 0.169. The van der Waals surface area contributed by atoms with Crippen LogP contribution in [0.15, 0.2) is 12.1 Å². The van der Waals surface area contributed by atoms with E-state index >= 15 is 0 Å². The van der Waals surface area contributed by atoms with Gasteiger partial charge in [-0.1, -0.05) is 0 Å². The van der Waals surface area contributed by atoms with Crippen LogP contribution in [0, 0.1) is 11.3 Å². The molecule has 0 saturated heterocycles. The lowest BCUT2D eigenvalue weighted by Gasteiger charge is -2.04. The Morgan fingerprint density at radius 1 is 1.50 bits per heavy atom. The van der Waals surface area contributed by atoms with Crippen molar-refractivity contribution in [1.29, 1.82) is 5.26 Å². The van der Waals surface area contributed by atoms with Crippen LogP contribution >= 0.6 is 11.3 Å². The Morgan fingerprint density at radius 2 is 2.33 bits per heavy atom. The minimum atomic E-state index is 0.169. The summed E-state index contributed by atoms with van der Waals surface area (Å²) in [6, 6.07) is 6.39. The molecule has 0 aromatic carbocycles. The topological polar surface area (TPSA) is 64.9 Å². The number of nitriles is 1. The Bertz CT molecular complexity index is 445. The molecule has 1 fully saturated rings. The maximum absolute atomic E-state index is 11.4. The molecular weight excluding hydrogens is 246 g/mol. The molecule has 1 amide bonds. The van der Waals surface area contributed by atoms with Crippen LogP contribution in [-0.2, 0) is 11.3 Å². The van der Waals surface area contributed by atoms with Gasteiger partial charge in [-0.3, -0.25) is 4.79 Å². The van der Waals surface area contributed by atoms with Crippen LogP contribution in [0.2, 0.25) is 0 Å². The molecule has 0 bridgehead atoms. The van der Waals surface area contributed by atoms with Crippen molar-refractivity contribution in [3.8, 4) is 6.07 Å². The third-order valence-corrected chi connectivity index (χ3v) is 3.76. The summed E-state index contributed by atoms with van der Waals surface area (Å²) in [6.07, 6.45) is 3.74. The zero-order valence-electron chi connectivity index (χ0n) is 10.2.